The molecule has 3 atom stereocenters. The zero-order chi connectivity index (χ0) is 7.84. The summed E-state index contributed by atoms with van der Waals surface area (Å²) in [5, 5.41) is 0. The standard InChI is InChI=1S/C7H12BrN3/c8-4-1-2-5-6(3-4)10-11-7(5)9/h3,5-7,10-11H,1-2,9H2. The van der Waals surface area contributed by atoms with Crippen LogP contribution < -0.4 is 16.6 Å². The van der Waals surface area contributed by atoms with Crippen LogP contribution in [0.15, 0.2) is 10.6 Å². The van der Waals surface area contributed by atoms with E-state index in [1.165, 1.54) is 10.9 Å². The van der Waals surface area contributed by atoms with E-state index in [9.17, 15) is 0 Å². The van der Waals surface area contributed by atoms with Crippen LogP contribution in [0.5, 0.6) is 0 Å². The van der Waals surface area contributed by atoms with Gasteiger partial charge in [0.2, 0.25) is 0 Å². The van der Waals surface area contributed by atoms with Crippen molar-refractivity contribution in [1.82, 2.24) is 10.9 Å². The van der Waals surface area contributed by atoms with Crippen molar-refractivity contribution in [2.75, 3.05) is 0 Å². The highest BCUT2D eigenvalue weighted by molar-refractivity contribution is 9.11. The Bertz CT molecular complexity index is 192. The van der Waals surface area contributed by atoms with E-state index in [-0.39, 0.29) is 6.17 Å². The fourth-order valence-corrected chi connectivity index (χ4v) is 2.25. The third-order valence-electron chi connectivity index (χ3n) is 2.42. The molecule has 11 heavy (non-hydrogen) atoms. The lowest BCUT2D eigenvalue weighted by atomic mass is 9.89. The molecule has 1 aliphatic carbocycles. The van der Waals surface area contributed by atoms with Crippen LogP contribution in [-0.2, 0) is 0 Å². The van der Waals surface area contributed by atoms with Gasteiger partial charge in [-0.3, -0.25) is 0 Å². The van der Waals surface area contributed by atoms with Gasteiger partial charge in [0.1, 0.15) is 0 Å². The Labute approximate surface area is 74.5 Å². The summed E-state index contributed by atoms with van der Waals surface area (Å²) >= 11 is 3.50. The van der Waals surface area contributed by atoms with Crippen molar-refractivity contribution in [3.05, 3.63) is 10.6 Å². The Balaban J connectivity index is 2.14. The van der Waals surface area contributed by atoms with Gasteiger partial charge in [-0.15, -0.1) is 0 Å². The monoisotopic (exact) mass is 217 g/mol. The average molecular weight is 218 g/mol. The molecule has 0 aromatic rings. The van der Waals surface area contributed by atoms with E-state index in [1.807, 2.05) is 0 Å². The van der Waals surface area contributed by atoms with Gasteiger partial charge in [0.25, 0.3) is 0 Å². The largest absolute Gasteiger partial charge is 0.315 e. The summed E-state index contributed by atoms with van der Waals surface area (Å²) in [6, 6.07) is 0.424. The minimum atomic E-state index is 0.122. The van der Waals surface area contributed by atoms with E-state index in [1.54, 1.807) is 0 Å². The zero-order valence-electron chi connectivity index (χ0n) is 6.18. The van der Waals surface area contributed by atoms with Crippen molar-refractivity contribution >= 4 is 15.9 Å². The fraction of sp³-hybridized carbons (Fsp3) is 0.714. The number of nitrogens with one attached hydrogen (secondary N) is 2. The molecular formula is C7H12BrN3. The second-order valence-corrected chi connectivity index (χ2v) is 4.17. The van der Waals surface area contributed by atoms with Gasteiger partial charge in [0.15, 0.2) is 0 Å². The topological polar surface area (TPSA) is 50.1 Å². The van der Waals surface area contributed by atoms with Gasteiger partial charge < -0.3 is 5.73 Å². The summed E-state index contributed by atoms with van der Waals surface area (Å²) in [4.78, 5) is 0. The lowest BCUT2D eigenvalue weighted by molar-refractivity contribution is 0.410. The maximum atomic E-state index is 5.82. The van der Waals surface area contributed by atoms with E-state index < -0.39 is 0 Å². The maximum Gasteiger partial charge on any atom is 0.0726 e. The molecule has 1 saturated heterocycles. The zero-order valence-corrected chi connectivity index (χ0v) is 7.76. The Morgan fingerprint density at radius 1 is 1.55 bits per heavy atom. The van der Waals surface area contributed by atoms with Crippen molar-refractivity contribution in [3.63, 3.8) is 0 Å². The highest BCUT2D eigenvalue weighted by Crippen LogP contribution is 2.30. The molecule has 0 saturated carbocycles. The first-order valence-electron chi connectivity index (χ1n) is 3.90. The summed E-state index contributed by atoms with van der Waals surface area (Å²) in [6.07, 6.45) is 4.62. The molecule has 62 valence electrons. The van der Waals surface area contributed by atoms with Crippen molar-refractivity contribution < 1.29 is 0 Å². The third kappa shape index (κ3) is 1.36. The predicted octanol–water partition coefficient (Wildman–Crippen LogP) is 0.436. The SMILES string of the molecule is NC1NNC2C=C(Br)CCC12. The normalized spacial score (nSPS) is 43.5. The quantitative estimate of drug-likeness (QED) is 0.552. The van der Waals surface area contributed by atoms with Crippen molar-refractivity contribution in [3.8, 4) is 0 Å². The van der Waals surface area contributed by atoms with Crippen LogP contribution in [0.4, 0.5) is 0 Å². The van der Waals surface area contributed by atoms with Gasteiger partial charge in [-0.25, -0.2) is 10.9 Å². The molecule has 0 aromatic carbocycles. The number of fused-ring (bicyclic) bond motifs is 1. The molecule has 2 rings (SSSR count). The molecule has 0 radical (unpaired) electrons. The molecule has 4 heteroatoms. The van der Waals surface area contributed by atoms with Gasteiger partial charge in [0.05, 0.1) is 6.17 Å². The smallest absolute Gasteiger partial charge is 0.0726 e. The lowest BCUT2D eigenvalue weighted by Crippen LogP contribution is -2.39. The first-order valence-corrected chi connectivity index (χ1v) is 4.69. The summed E-state index contributed by atoms with van der Waals surface area (Å²) in [6.45, 7) is 0. The van der Waals surface area contributed by atoms with Crippen molar-refractivity contribution in [2.45, 2.75) is 25.0 Å². The van der Waals surface area contributed by atoms with E-state index in [4.69, 9.17) is 5.73 Å². The van der Waals surface area contributed by atoms with E-state index >= 15 is 0 Å². The van der Waals surface area contributed by atoms with Gasteiger partial charge in [0, 0.05) is 12.0 Å². The average Bonchev–Trinajstić information content (AvgIpc) is 2.32. The number of allylic oxidation sites excluding steroid dienone is 1. The van der Waals surface area contributed by atoms with Crippen LogP contribution in [0.25, 0.3) is 0 Å². The van der Waals surface area contributed by atoms with E-state index in [0.29, 0.717) is 12.0 Å². The molecular weight excluding hydrogens is 206 g/mol. The van der Waals surface area contributed by atoms with Gasteiger partial charge in [-0.2, -0.15) is 0 Å². The molecule has 0 aromatic heterocycles. The van der Waals surface area contributed by atoms with E-state index in [2.05, 4.69) is 32.9 Å². The minimum Gasteiger partial charge on any atom is -0.315 e. The molecule has 3 unspecified atom stereocenters. The molecule has 1 heterocycles. The number of hydrazine groups is 1. The Morgan fingerprint density at radius 2 is 2.36 bits per heavy atom. The third-order valence-corrected chi connectivity index (χ3v) is 3.08. The summed E-state index contributed by atoms with van der Waals surface area (Å²) in [5.74, 6) is 0.566. The maximum absolute atomic E-state index is 5.82. The second kappa shape index (κ2) is 2.86. The fourth-order valence-electron chi connectivity index (χ4n) is 1.74. The number of nitrogens with two attached hydrogens (primary N) is 1. The summed E-state index contributed by atoms with van der Waals surface area (Å²) in [7, 11) is 0. The van der Waals surface area contributed by atoms with Crippen LogP contribution in [0.3, 0.4) is 0 Å². The van der Waals surface area contributed by atoms with Crippen molar-refractivity contribution in [2.24, 2.45) is 11.7 Å². The molecule has 0 bridgehead atoms. The number of hydrogen-bond donors (Lipinski definition) is 3. The van der Waals surface area contributed by atoms with Gasteiger partial charge in [-0.05, 0) is 17.3 Å². The minimum absolute atomic E-state index is 0.122. The van der Waals surface area contributed by atoms with Crippen LogP contribution >= 0.6 is 15.9 Å². The Hall–Kier alpha value is 0.100. The number of halogens is 1. The number of hydrogen-bond acceptors (Lipinski definition) is 3. The van der Waals surface area contributed by atoms with E-state index in [0.717, 1.165) is 6.42 Å². The summed E-state index contributed by atoms with van der Waals surface area (Å²) in [5.41, 5.74) is 12.0. The molecule has 1 fully saturated rings. The molecule has 2 aliphatic rings. The van der Waals surface area contributed by atoms with Gasteiger partial charge >= 0.3 is 0 Å². The highest BCUT2D eigenvalue weighted by Gasteiger charge is 2.34. The van der Waals surface area contributed by atoms with Gasteiger partial charge in [-0.1, -0.05) is 22.0 Å². The molecule has 4 N–H and O–H groups in total. The molecule has 0 spiro atoms. The number of rotatable bonds is 0. The first-order chi connectivity index (χ1) is 5.27. The predicted molar refractivity (Wildman–Crippen MR) is 47.8 cm³/mol. The lowest BCUT2D eigenvalue weighted by Gasteiger charge is -2.22. The molecule has 3 nitrogen and oxygen atoms in total. The van der Waals surface area contributed by atoms with Crippen LogP contribution in [0.2, 0.25) is 0 Å². The van der Waals surface area contributed by atoms with Crippen molar-refractivity contribution in [1.29, 1.82) is 0 Å². The molecule has 0 amide bonds. The van der Waals surface area contributed by atoms with Crippen LogP contribution in [0.1, 0.15) is 12.8 Å². The van der Waals surface area contributed by atoms with Crippen LogP contribution in [-0.4, -0.2) is 12.2 Å². The highest BCUT2D eigenvalue weighted by atomic mass is 79.9. The molecule has 1 aliphatic heterocycles. The summed E-state index contributed by atoms with van der Waals surface area (Å²) < 4.78 is 1.29. The Kier molecular flexibility index (Phi) is 2.01. The van der Waals surface area contributed by atoms with Crippen LogP contribution in [0, 0.1) is 5.92 Å². The second-order valence-electron chi connectivity index (χ2n) is 3.16. The first kappa shape index (κ1) is 7.73. The Morgan fingerprint density at radius 3 is 3.18 bits per heavy atom.